The molecule has 0 fully saturated rings. The van der Waals surface area contributed by atoms with E-state index < -0.39 is 0 Å². The molecule has 5 rings (SSSR count). The van der Waals surface area contributed by atoms with Crippen molar-refractivity contribution in [3.63, 3.8) is 0 Å². The summed E-state index contributed by atoms with van der Waals surface area (Å²) in [6, 6.07) is 18.8. The zero-order valence-corrected chi connectivity index (χ0v) is 16.4. The molecule has 142 valence electrons. The molecular formula is C26H22N2O. The van der Waals surface area contributed by atoms with E-state index in [9.17, 15) is 4.79 Å². The highest BCUT2D eigenvalue weighted by Gasteiger charge is 2.24. The number of allylic oxidation sites excluding steroid dienone is 3. The predicted octanol–water partition coefficient (Wildman–Crippen LogP) is 4.74. The van der Waals surface area contributed by atoms with Gasteiger partial charge >= 0.3 is 0 Å². The monoisotopic (exact) mass is 378 g/mol. The molecule has 3 aromatic rings. The van der Waals surface area contributed by atoms with E-state index in [0.717, 1.165) is 29.7 Å². The van der Waals surface area contributed by atoms with Crippen LogP contribution in [0.5, 0.6) is 0 Å². The maximum atomic E-state index is 13.0. The second-order valence-corrected chi connectivity index (χ2v) is 7.70. The molecule has 0 radical (unpaired) electrons. The summed E-state index contributed by atoms with van der Waals surface area (Å²) < 4.78 is 0. The topological polar surface area (TPSA) is 33.2 Å². The van der Waals surface area contributed by atoms with E-state index in [1.54, 1.807) is 11.1 Å². The van der Waals surface area contributed by atoms with Gasteiger partial charge in [-0.1, -0.05) is 42.5 Å². The van der Waals surface area contributed by atoms with E-state index >= 15 is 0 Å². The quantitative estimate of drug-likeness (QED) is 0.657. The average molecular weight is 378 g/mol. The summed E-state index contributed by atoms with van der Waals surface area (Å²) in [5.41, 5.74) is 6.77. The lowest BCUT2D eigenvalue weighted by molar-refractivity contribution is -0.125. The van der Waals surface area contributed by atoms with Gasteiger partial charge in [0.25, 0.3) is 5.91 Å². The van der Waals surface area contributed by atoms with Crippen molar-refractivity contribution in [1.29, 1.82) is 0 Å². The van der Waals surface area contributed by atoms with E-state index in [1.165, 1.54) is 27.5 Å². The van der Waals surface area contributed by atoms with Gasteiger partial charge in [-0.05, 0) is 69.8 Å². The van der Waals surface area contributed by atoms with E-state index in [-0.39, 0.29) is 5.91 Å². The van der Waals surface area contributed by atoms with Crippen LogP contribution in [0.15, 0.2) is 89.7 Å². The lowest BCUT2D eigenvalue weighted by atomic mass is 9.87. The summed E-state index contributed by atoms with van der Waals surface area (Å²) >= 11 is 0. The SMILES string of the molecule is CN(CCc1ccccn1)C(=O)C1=CC2=Cc3c(ccc4ccccc34)CC2=C1. The Hall–Kier alpha value is -3.46. The molecular weight excluding hydrogens is 356 g/mol. The Morgan fingerprint density at radius 3 is 2.72 bits per heavy atom. The van der Waals surface area contributed by atoms with Gasteiger partial charge in [-0.2, -0.15) is 0 Å². The summed E-state index contributed by atoms with van der Waals surface area (Å²) in [4.78, 5) is 19.1. The number of fused-ring (bicyclic) bond motifs is 4. The summed E-state index contributed by atoms with van der Waals surface area (Å²) in [5, 5.41) is 2.53. The van der Waals surface area contributed by atoms with Gasteiger partial charge in [-0.3, -0.25) is 9.78 Å². The molecule has 3 heteroatoms. The maximum absolute atomic E-state index is 13.0. The maximum Gasteiger partial charge on any atom is 0.253 e. The van der Waals surface area contributed by atoms with Crippen LogP contribution in [0.25, 0.3) is 16.8 Å². The highest BCUT2D eigenvalue weighted by Crippen LogP contribution is 2.37. The molecule has 0 unspecified atom stereocenters. The first-order valence-corrected chi connectivity index (χ1v) is 9.99. The lowest BCUT2D eigenvalue weighted by Crippen LogP contribution is -2.29. The molecule has 0 saturated heterocycles. The molecule has 3 nitrogen and oxygen atoms in total. The molecule has 0 saturated carbocycles. The molecule has 2 aromatic carbocycles. The smallest absolute Gasteiger partial charge is 0.253 e. The first-order valence-electron chi connectivity index (χ1n) is 9.99. The van der Waals surface area contributed by atoms with Crippen LogP contribution in [0.3, 0.4) is 0 Å². The van der Waals surface area contributed by atoms with Crippen molar-refractivity contribution in [2.75, 3.05) is 13.6 Å². The molecule has 1 amide bonds. The van der Waals surface area contributed by atoms with Gasteiger partial charge in [-0.15, -0.1) is 0 Å². The largest absolute Gasteiger partial charge is 0.341 e. The number of likely N-dealkylation sites (N-methyl/N-ethyl adjacent to an activating group) is 1. The second kappa shape index (κ2) is 7.17. The van der Waals surface area contributed by atoms with Crippen molar-refractivity contribution in [1.82, 2.24) is 9.88 Å². The van der Waals surface area contributed by atoms with Gasteiger partial charge < -0.3 is 4.90 Å². The highest BCUT2D eigenvalue weighted by molar-refractivity contribution is 6.01. The van der Waals surface area contributed by atoms with Gasteiger partial charge in [0, 0.05) is 37.5 Å². The van der Waals surface area contributed by atoms with Crippen LogP contribution in [0.4, 0.5) is 0 Å². The fourth-order valence-electron chi connectivity index (χ4n) is 4.16. The zero-order chi connectivity index (χ0) is 19.8. The lowest BCUT2D eigenvalue weighted by Gasteiger charge is -2.17. The molecule has 0 atom stereocenters. The number of hydrogen-bond donors (Lipinski definition) is 0. The van der Waals surface area contributed by atoms with Crippen molar-refractivity contribution in [3.8, 4) is 0 Å². The van der Waals surface area contributed by atoms with E-state index in [4.69, 9.17) is 0 Å². The van der Waals surface area contributed by atoms with Crippen LogP contribution < -0.4 is 0 Å². The number of pyridine rings is 1. The number of benzene rings is 2. The number of nitrogens with zero attached hydrogens (tertiary/aromatic N) is 2. The minimum Gasteiger partial charge on any atom is -0.341 e. The fraction of sp³-hybridized carbons (Fsp3) is 0.154. The predicted molar refractivity (Wildman–Crippen MR) is 117 cm³/mol. The molecule has 1 heterocycles. The van der Waals surface area contributed by atoms with Gasteiger partial charge in [0.15, 0.2) is 0 Å². The Kier molecular flexibility index (Phi) is 4.36. The summed E-state index contributed by atoms with van der Waals surface area (Å²) in [5.74, 6) is 0.0673. The standard InChI is InChI=1S/C26H22N2O/c1-28(13-11-23-7-4-5-12-27-23)26(29)22-15-20-14-19-10-9-18-6-2-3-8-24(18)25(19)17-21(20)16-22/h2-10,12,15-17H,11,13-14H2,1H3. The Morgan fingerprint density at radius 2 is 1.86 bits per heavy atom. The normalized spacial score (nSPS) is 14.6. The molecule has 2 aliphatic rings. The van der Waals surface area contributed by atoms with E-state index in [2.05, 4.69) is 53.5 Å². The fourth-order valence-corrected chi connectivity index (χ4v) is 4.16. The minimum atomic E-state index is 0.0673. The van der Waals surface area contributed by atoms with Crippen molar-refractivity contribution in [2.24, 2.45) is 0 Å². The highest BCUT2D eigenvalue weighted by atomic mass is 16.2. The molecule has 0 bridgehead atoms. The first kappa shape index (κ1) is 17.6. The average Bonchev–Trinajstić information content (AvgIpc) is 3.19. The zero-order valence-electron chi connectivity index (χ0n) is 16.4. The van der Waals surface area contributed by atoms with E-state index in [0.29, 0.717) is 6.54 Å². The summed E-state index contributed by atoms with van der Waals surface area (Å²) in [6.45, 7) is 0.653. The van der Waals surface area contributed by atoms with Gasteiger partial charge in [-0.25, -0.2) is 0 Å². The minimum absolute atomic E-state index is 0.0673. The van der Waals surface area contributed by atoms with Crippen molar-refractivity contribution in [3.05, 3.63) is 106 Å². The number of carbonyl (C=O) groups is 1. The Morgan fingerprint density at radius 1 is 1.00 bits per heavy atom. The second-order valence-electron chi connectivity index (χ2n) is 7.70. The Balaban J connectivity index is 1.38. The molecule has 2 aliphatic carbocycles. The third-order valence-electron chi connectivity index (χ3n) is 5.78. The molecule has 1 aromatic heterocycles. The number of rotatable bonds is 4. The number of carbonyl (C=O) groups excluding carboxylic acids is 1. The van der Waals surface area contributed by atoms with E-state index in [1.807, 2.05) is 31.3 Å². The van der Waals surface area contributed by atoms with Crippen LogP contribution in [0.1, 0.15) is 16.8 Å². The van der Waals surface area contributed by atoms with Gasteiger partial charge in [0.1, 0.15) is 0 Å². The van der Waals surface area contributed by atoms with Crippen molar-refractivity contribution >= 4 is 22.8 Å². The van der Waals surface area contributed by atoms with Crippen molar-refractivity contribution in [2.45, 2.75) is 12.8 Å². The summed E-state index contributed by atoms with van der Waals surface area (Å²) in [6.07, 6.45) is 9.76. The third kappa shape index (κ3) is 3.29. The molecule has 0 spiro atoms. The molecule has 29 heavy (non-hydrogen) atoms. The van der Waals surface area contributed by atoms with Gasteiger partial charge in [0.2, 0.25) is 0 Å². The van der Waals surface area contributed by atoms with Crippen molar-refractivity contribution < 1.29 is 4.79 Å². The Labute approximate surface area is 170 Å². The summed E-state index contributed by atoms with van der Waals surface area (Å²) in [7, 11) is 1.86. The molecule has 0 N–H and O–H groups in total. The van der Waals surface area contributed by atoms with Crippen LogP contribution in [0, 0.1) is 0 Å². The number of hydrogen-bond acceptors (Lipinski definition) is 2. The third-order valence-corrected chi connectivity index (χ3v) is 5.78. The van der Waals surface area contributed by atoms with Crippen LogP contribution >= 0.6 is 0 Å². The van der Waals surface area contributed by atoms with Crippen LogP contribution in [-0.2, 0) is 17.6 Å². The number of aromatic nitrogens is 1. The first-order chi connectivity index (χ1) is 14.2. The number of amides is 1. The Bertz CT molecular complexity index is 1200. The van der Waals surface area contributed by atoms with Crippen LogP contribution in [0.2, 0.25) is 0 Å². The molecule has 0 aliphatic heterocycles. The van der Waals surface area contributed by atoms with Gasteiger partial charge in [0.05, 0.1) is 0 Å². The van der Waals surface area contributed by atoms with Crippen LogP contribution in [-0.4, -0.2) is 29.4 Å².